The summed E-state index contributed by atoms with van der Waals surface area (Å²) in [6.07, 6.45) is 0. The number of hydrogen-bond acceptors (Lipinski definition) is 5. The second-order valence-electron chi connectivity index (χ2n) is 5.83. The van der Waals surface area contributed by atoms with Crippen LogP contribution in [0.4, 0.5) is 11.4 Å². The Labute approximate surface area is 163 Å². The number of aliphatic carboxylic acids is 2. The Morgan fingerprint density at radius 3 is 1.74 bits per heavy atom. The Kier molecular flexibility index (Phi) is 7.69. The van der Waals surface area contributed by atoms with Crippen molar-refractivity contribution in [3.63, 3.8) is 0 Å². The lowest BCUT2D eigenvalue weighted by Gasteiger charge is -2.34. The average molecular weight is 388 g/mol. The molecule has 0 radical (unpaired) electrons. The molecule has 0 atom stereocenters. The summed E-state index contributed by atoms with van der Waals surface area (Å²) in [4.78, 5) is 25.9. The predicted molar refractivity (Wildman–Crippen MR) is 107 cm³/mol. The van der Waals surface area contributed by atoms with Crippen molar-refractivity contribution >= 4 is 35.1 Å². The maximum atomic E-state index is 9.10. The van der Waals surface area contributed by atoms with Gasteiger partial charge in [0.2, 0.25) is 0 Å². The zero-order valence-corrected chi connectivity index (χ0v) is 16.3. The topological polar surface area (TPSA) is 81.1 Å². The molecule has 2 aromatic carbocycles. The first kappa shape index (κ1) is 20.8. The van der Waals surface area contributed by atoms with E-state index < -0.39 is 11.9 Å². The van der Waals surface area contributed by atoms with Gasteiger partial charge in [-0.05, 0) is 37.4 Å². The van der Waals surface area contributed by atoms with E-state index in [-0.39, 0.29) is 0 Å². The molecule has 6 nitrogen and oxygen atoms in total. The summed E-state index contributed by atoms with van der Waals surface area (Å²) in [5, 5.41) is 14.8. The number of benzene rings is 2. The lowest BCUT2D eigenvalue weighted by atomic mass is 10.2. The van der Waals surface area contributed by atoms with Gasteiger partial charge in [0.15, 0.2) is 0 Å². The van der Waals surface area contributed by atoms with Gasteiger partial charge in [-0.1, -0.05) is 49.9 Å². The fourth-order valence-corrected chi connectivity index (χ4v) is 3.90. The van der Waals surface area contributed by atoms with Gasteiger partial charge in [0.1, 0.15) is 0 Å². The number of hydrogen-bond donors (Lipinski definition) is 2. The number of carboxylic acids is 2. The van der Waals surface area contributed by atoms with E-state index in [2.05, 4.69) is 72.2 Å². The van der Waals surface area contributed by atoms with Crippen molar-refractivity contribution in [2.45, 2.75) is 23.6 Å². The maximum Gasteiger partial charge on any atom is 0.414 e. The minimum atomic E-state index is -1.82. The number of carbonyl (C=O) groups is 2. The zero-order chi connectivity index (χ0) is 19.8. The van der Waals surface area contributed by atoms with Crippen molar-refractivity contribution in [3.8, 4) is 0 Å². The first-order valence-electron chi connectivity index (χ1n) is 8.79. The minimum absolute atomic E-state index is 1.04. The summed E-state index contributed by atoms with van der Waals surface area (Å²) >= 11 is 1.88. The summed E-state index contributed by atoms with van der Waals surface area (Å²) < 4.78 is 0. The van der Waals surface area contributed by atoms with E-state index in [1.807, 2.05) is 11.8 Å². The molecule has 2 N–H and O–H groups in total. The molecule has 1 aliphatic heterocycles. The van der Waals surface area contributed by atoms with Crippen molar-refractivity contribution in [2.75, 3.05) is 31.1 Å². The largest absolute Gasteiger partial charge is 0.473 e. The highest BCUT2D eigenvalue weighted by Gasteiger charge is 2.22. The number of likely N-dealkylation sites (N-methyl/N-ethyl adjacent to an activating group) is 1. The molecule has 0 aliphatic carbocycles. The van der Waals surface area contributed by atoms with Crippen LogP contribution in [0.2, 0.25) is 0 Å². The third kappa shape index (κ3) is 5.48. The van der Waals surface area contributed by atoms with Gasteiger partial charge in [-0.3, -0.25) is 0 Å². The van der Waals surface area contributed by atoms with Crippen LogP contribution < -0.4 is 4.90 Å². The van der Waals surface area contributed by atoms with Crippen LogP contribution in [0, 0.1) is 0 Å². The Hall–Kier alpha value is -2.51. The molecule has 0 fully saturated rings. The van der Waals surface area contributed by atoms with Crippen LogP contribution in [0.15, 0.2) is 58.3 Å². The molecular weight excluding hydrogens is 364 g/mol. The molecule has 0 saturated heterocycles. The molecule has 0 spiro atoms. The van der Waals surface area contributed by atoms with E-state index in [0.717, 1.165) is 26.2 Å². The number of rotatable bonds is 5. The summed E-state index contributed by atoms with van der Waals surface area (Å²) in [5.74, 6) is -3.65. The molecule has 2 aromatic rings. The first-order valence-corrected chi connectivity index (χ1v) is 9.61. The molecule has 1 aliphatic rings. The number of para-hydroxylation sites is 2. The first-order chi connectivity index (χ1) is 13.0. The van der Waals surface area contributed by atoms with Crippen LogP contribution >= 0.6 is 11.8 Å². The molecule has 0 aromatic heterocycles. The third-order valence-electron chi connectivity index (χ3n) is 4.25. The van der Waals surface area contributed by atoms with Crippen LogP contribution in [0.1, 0.15) is 13.8 Å². The van der Waals surface area contributed by atoms with Crippen LogP contribution in [-0.2, 0) is 9.59 Å². The van der Waals surface area contributed by atoms with Gasteiger partial charge in [0, 0.05) is 22.9 Å². The fourth-order valence-electron chi connectivity index (χ4n) is 2.80. The minimum Gasteiger partial charge on any atom is -0.473 e. The molecule has 0 saturated carbocycles. The van der Waals surface area contributed by atoms with Gasteiger partial charge in [-0.15, -0.1) is 0 Å². The van der Waals surface area contributed by atoms with E-state index in [4.69, 9.17) is 19.8 Å². The molecule has 27 heavy (non-hydrogen) atoms. The summed E-state index contributed by atoms with van der Waals surface area (Å²) in [6, 6.07) is 17.4. The summed E-state index contributed by atoms with van der Waals surface area (Å²) in [5.41, 5.74) is 2.68. The van der Waals surface area contributed by atoms with E-state index in [1.165, 1.54) is 21.2 Å². The van der Waals surface area contributed by atoms with Crippen LogP contribution in [0.3, 0.4) is 0 Å². The Morgan fingerprint density at radius 1 is 0.889 bits per heavy atom. The molecule has 1 heterocycles. The van der Waals surface area contributed by atoms with E-state index in [0.29, 0.717) is 0 Å². The third-order valence-corrected chi connectivity index (χ3v) is 5.38. The molecule has 0 bridgehead atoms. The van der Waals surface area contributed by atoms with Gasteiger partial charge in [-0.2, -0.15) is 0 Å². The van der Waals surface area contributed by atoms with E-state index in [9.17, 15) is 0 Å². The molecule has 144 valence electrons. The molecule has 0 unspecified atom stereocenters. The Balaban J connectivity index is 0.000000380. The lowest BCUT2D eigenvalue weighted by molar-refractivity contribution is -0.159. The highest BCUT2D eigenvalue weighted by molar-refractivity contribution is 7.99. The highest BCUT2D eigenvalue weighted by Crippen LogP contribution is 2.47. The van der Waals surface area contributed by atoms with Gasteiger partial charge in [0.05, 0.1) is 11.4 Å². The molecule has 0 amide bonds. The van der Waals surface area contributed by atoms with Crippen molar-refractivity contribution in [1.82, 2.24) is 4.90 Å². The van der Waals surface area contributed by atoms with Crippen molar-refractivity contribution in [2.24, 2.45) is 0 Å². The highest BCUT2D eigenvalue weighted by atomic mass is 32.2. The maximum absolute atomic E-state index is 9.10. The quantitative estimate of drug-likeness (QED) is 0.754. The molecular formula is C20H24N2O4S. The van der Waals surface area contributed by atoms with E-state index in [1.54, 1.807) is 0 Å². The van der Waals surface area contributed by atoms with Gasteiger partial charge in [0.25, 0.3) is 0 Å². The average Bonchev–Trinajstić information content (AvgIpc) is 2.68. The summed E-state index contributed by atoms with van der Waals surface area (Å²) in [6.45, 7) is 8.83. The Morgan fingerprint density at radius 2 is 1.33 bits per heavy atom. The number of nitrogens with zero attached hydrogens (tertiary/aromatic N) is 2. The van der Waals surface area contributed by atoms with E-state index >= 15 is 0 Å². The predicted octanol–water partition coefficient (Wildman–Crippen LogP) is 3.79. The van der Waals surface area contributed by atoms with Crippen LogP contribution in [0.25, 0.3) is 0 Å². The fraction of sp³-hybridized carbons (Fsp3) is 0.300. The monoisotopic (exact) mass is 388 g/mol. The van der Waals surface area contributed by atoms with Crippen LogP contribution in [0.5, 0.6) is 0 Å². The molecule has 3 rings (SSSR count). The zero-order valence-electron chi connectivity index (χ0n) is 15.5. The number of carboxylic acid groups (broad SMARTS) is 2. The molecule has 7 heteroatoms. The smallest absolute Gasteiger partial charge is 0.414 e. The normalized spacial score (nSPS) is 11.9. The number of anilines is 2. The second-order valence-corrected chi connectivity index (χ2v) is 6.91. The lowest BCUT2D eigenvalue weighted by Crippen LogP contribution is -2.33. The van der Waals surface area contributed by atoms with Gasteiger partial charge in [-0.25, -0.2) is 9.59 Å². The number of fused-ring (bicyclic) bond motifs is 2. The second kappa shape index (κ2) is 9.99. The van der Waals surface area contributed by atoms with Gasteiger partial charge >= 0.3 is 11.9 Å². The standard InChI is InChI=1S/C18H22N2S.C2H2O4/c1-3-19(4-2)13-14-20-15-9-5-7-11-17(15)21-18-12-8-6-10-16(18)20;3-1(4)2(5)6/h5-12H,3-4,13-14H2,1-2H3;(H,3,4)(H,5,6). The Bertz CT molecular complexity index is 736. The van der Waals surface area contributed by atoms with Crippen molar-refractivity contribution < 1.29 is 19.8 Å². The van der Waals surface area contributed by atoms with Gasteiger partial charge < -0.3 is 20.0 Å². The summed E-state index contributed by atoms with van der Waals surface area (Å²) in [7, 11) is 0. The van der Waals surface area contributed by atoms with Crippen molar-refractivity contribution in [1.29, 1.82) is 0 Å². The SMILES string of the molecule is CCN(CC)CCN1c2ccccc2Sc2ccccc21.O=C(O)C(=O)O. The van der Waals surface area contributed by atoms with Crippen molar-refractivity contribution in [3.05, 3.63) is 48.5 Å². The van der Waals surface area contributed by atoms with Crippen LogP contribution in [-0.4, -0.2) is 53.2 Å².